The van der Waals surface area contributed by atoms with Crippen LogP contribution in [0.1, 0.15) is 0 Å². The quantitative estimate of drug-likeness (QED) is 0.750. The fraction of sp³-hybridized carbons (Fsp3) is 0.0833. The molecule has 1 N–H and O–H groups in total. The first-order chi connectivity index (χ1) is 8.76. The topological polar surface area (TPSA) is 63.7 Å². The van der Waals surface area contributed by atoms with Crippen LogP contribution in [-0.4, -0.2) is 27.0 Å². The van der Waals surface area contributed by atoms with E-state index in [4.69, 9.17) is 4.74 Å². The van der Waals surface area contributed by atoms with E-state index in [1.54, 1.807) is 19.2 Å². The number of methoxy groups -OCH3 is 1. The van der Waals surface area contributed by atoms with Crippen molar-refractivity contribution in [2.75, 3.05) is 7.11 Å². The van der Waals surface area contributed by atoms with Gasteiger partial charge >= 0.3 is 0 Å². The van der Waals surface area contributed by atoms with Gasteiger partial charge in [0.1, 0.15) is 11.5 Å². The second kappa shape index (κ2) is 4.06. The van der Waals surface area contributed by atoms with Crippen LogP contribution in [0.3, 0.4) is 0 Å². The Morgan fingerprint density at radius 3 is 2.78 bits per heavy atom. The van der Waals surface area contributed by atoms with Crippen molar-refractivity contribution in [2.24, 2.45) is 0 Å². The Hall–Kier alpha value is -2.50. The zero-order chi connectivity index (χ0) is 12.5. The minimum atomic E-state index is -0.380. The van der Waals surface area contributed by atoms with Crippen molar-refractivity contribution < 1.29 is 9.13 Å². The standard InChI is InChI=1S/C12H9FN4O/c1-18-10-5-4-9-12(16-10)17-11(15-9)8-3-2-7(13)6-14-8/h2-6H,1H3,(H,15,16,17). The summed E-state index contributed by atoms with van der Waals surface area (Å²) in [5.74, 6) is 0.660. The normalized spacial score (nSPS) is 10.8. The zero-order valence-corrected chi connectivity index (χ0v) is 9.51. The molecular formula is C12H9FN4O. The first kappa shape index (κ1) is 10.6. The first-order valence-electron chi connectivity index (χ1n) is 5.29. The molecule has 0 radical (unpaired) electrons. The third-order valence-corrected chi connectivity index (χ3v) is 2.50. The van der Waals surface area contributed by atoms with Crippen molar-refractivity contribution in [3.05, 3.63) is 36.3 Å². The predicted octanol–water partition coefficient (Wildman–Crippen LogP) is 2.17. The number of hydrogen-bond donors (Lipinski definition) is 1. The summed E-state index contributed by atoms with van der Waals surface area (Å²) in [5.41, 5.74) is 1.88. The van der Waals surface area contributed by atoms with E-state index in [0.29, 0.717) is 23.0 Å². The Morgan fingerprint density at radius 2 is 2.06 bits per heavy atom. The molecule has 3 aromatic heterocycles. The van der Waals surface area contributed by atoms with E-state index in [1.807, 2.05) is 6.07 Å². The van der Waals surface area contributed by atoms with Gasteiger partial charge in [0.05, 0.1) is 18.8 Å². The van der Waals surface area contributed by atoms with Gasteiger partial charge in [-0.05, 0) is 18.2 Å². The van der Waals surface area contributed by atoms with Crippen molar-refractivity contribution in [3.8, 4) is 17.4 Å². The fourth-order valence-corrected chi connectivity index (χ4v) is 1.63. The molecule has 0 saturated carbocycles. The lowest BCUT2D eigenvalue weighted by Crippen LogP contribution is -1.87. The maximum absolute atomic E-state index is 12.8. The highest BCUT2D eigenvalue weighted by atomic mass is 19.1. The molecule has 6 heteroatoms. The number of rotatable bonds is 2. The summed E-state index contributed by atoms with van der Waals surface area (Å²) in [5, 5.41) is 0. The van der Waals surface area contributed by atoms with Gasteiger partial charge in [-0.15, -0.1) is 0 Å². The van der Waals surface area contributed by atoms with E-state index in [9.17, 15) is 4.39 Å². The van der Waals surface area contributed by atoms with E-state index < -0.39 is 0 Å². The number of H-pyrrole nitrogens is 1. The molecular weight excluding hydrogens is 235 g/mol. The van der Waals surface area contributed by atoms with Crippen LogP contribution < -0.4 is 4.74 Å². The Bertz CT molecular complexity index is 693. The number of fused-ring (bicyclic) bond motifs is 1. The average Bonchev–Trinajstić information content (AvgIpc) is 2.82. The third kappa shape index (κ3) is 1.77. The highest BCUT2D eigenvalue weighted by molar-refractivity contribution is 5.75. The number of imidazole rings is 1. The van der Waals surface area contributed by atoms with Crippen LogP contribution in [0.15, 0.2) is 30.5 Å². The van der Waals surface area contributed by atoms with Crippen LogP contribution in [0.2, 0.25) is 0 Å². The van der Waals surface area contributed by atoms with Crippen molar-refractivity contribution in [1.82, 2.24) is 19.9 Å². The van der Waals surface area contributed by atoms with Crippen LogP contribution in [0.4, 0.5) is 4.39 Å². The summed E-state index contributed by atoms with van der Waals surface area (Å²) >= 11 is 0. The summed E-state index contributed by atoms with van der Waals surface area (Å²) in [6.45, 7) is 0. The number of nitrogens with one attached hydrogen (secondary N) is 1. The minimum Gasteiger partial charge on any atom is -0.481 e. The molecule has 0 unspecified atom stereocenters. The van der Waals surface area contributed by atoms with E-state index in [-0.39, 0.29) is 5.82 Å². The molecule has 90 valence electrons. The number of halogens is 1. The second-order valence-corrected chi connectivity index (χ2v) is 3.67. The summed E-state index contributed by atoms with van der Waals surface area (Å²) in [7, 11) is 1.54. The van der Waals surface area contributed by atoms with Gasteiger partial charge in [-0.3, -0.25) is 0 Å². The van der Waals surface area contributed by atoms with Gasteiger partial charge in [-0.25, -0.2) is 14.4 Å². The molecule has 0 fully saturated rings. The fourth-order valence-electron chi connectivity index (χ4n) is 1.63. The van der Waals surface area contributed by atoms with Gasteiger partial charge in [-0.1, -0.05) is 0 Å². The Kier molecular flexibility index (Phi) is 2.40. The molecule has 3 aromatic rings. The van der Waals surface area contributed by atoms with Crippen molar-refractivity contribution in [1.29, 1.82) is 0 Å². The summed E-state index contributed by atoms with van der Waals surface area (Å²) in [6, 6.07) is 6.46. The smallest absolute Gasteiger partial charge is 0.215 e. The molecule has 3 rings (SSSR count). The maximum Gasteiger partial charge on any atom is 0.215 e. The highest BCUT2D eigenvalue weighted by Crippen LogP contribution is 2.19. The number of nitrogens with zero attached hydrogens (tertiary/aromatic N) is 3. The van der Waals surface area contributed by atoms with Crippen molar-refractivity contribution in [3.63, 3.8) is 0 Å². The first-order valence-corrected chi connectivity index (χ1v) is 5.29. The van der Waals surface area contributed by atoms with Crippen LogP contribution >= 0.6 is 0 Å². The van der Waals surface area contributed by atoms with Crippen LogP contribution in [0, 0.1) is 5.82 Å². The highest BCUT2D eigenvalue weighted by Gasteiger charge is 2.08. The number of ether oxygens (including phenoxy) is 1. The molecule has 0 aliphatic carbocycles. The van der Waals surface area contributed by atoms with Crippen LogP contribution in [-0.2, 0) is 0 Å². The molecule has 0 bridgehead atoms. The number of aromatic amines is 1. The zero-order valence-electron chi connectivity index (χ0n) is 9.51. The lowest BCUT2D eigenvalue weighted by atomic mass is 10.3. The van der Waals surface area contributed by atoms with Gasteiger partial charge in [0.25, 0.3) is 0 Å². The summed E-state index contributed by atoms with van der Waals surface area (Å²) in [4.78, 5) is 15.5. The van der Waals surface area contributed by atoms with Crippen LogP contribution in [0.25, 0.3) is 22.7 Å². The van der Waals surface area contributed by atoms with Gasteiger partial charge in [0.2, 0.25) is 5.88 Å². The van der Waals surface area contributed by atoms with Gasteiger partial charge in [0.15, 0.2) is 11.5 Å². The molecule has 0 aliphatic rings. The molecule has 0 aliphatic heterocycles. The molecule has 0 atom stereocenters. The van der Waals surface area contributed by atoms with E-state index in [0.717, 1.165) is 11.7 Å². The monoisotopic (exact) mass is 244 g/mol. The molecule has 3 heterocycles. The predicted molar refractivity (Wildman–Crippen MR) is 63.6 cm³/mol. The molecule has 0 spiro atoms. The van der Waals surface area contributed by atoms with E-state index in [1.165, 1.54) is 6.07 Å². The van der Waals surface area contributed by atoms with E-state index >= 15 is 0 Å². The van der Waals surface area contributed by atoms with E-state index in [2.05, 4.69) is 19.9 Å². The molecule has 0 aromatic carbocycles. The lowest BCUT2D eigenvalue weighted by molar-refractivity contribution is 0.399. The van der Waals surface area contributed by atoms with Crippen molar-refractivity contribution in [2.45, 2.75) is 0 Å². The Morgan fingerprint density at radius 1 is 1.17 bits per heavy atom. The van der Waals surface area contributed by atoms with Crippen molar-refractivity contribution >= 4 is 11.2 Å². The second-order valence-electron chi connectivity index (χ2n) is 3.67. The molecule has 0 amide bonds. The Labute approximate surface area is 102 Å². The largest absolute Gasteiger partial charge is 0.481 e. The summed E-state index contributed by atoms with van der Waals surface area (Å²) in [6.07, 6.45) is 1.15. The molecule has 0 saturated heterocycles. The third-order valence-electron chi connectivity index (χ3n) is 2.50. The maximum atomic E-state index is 12.8. The number of pyridine rings is 2. The molecule has 18 heavy (non-hydrogen) atoms. The number of hydrogen-bond acceptors (Lipinski definition) is 4. The SMILES string of the molecule is COc1ccc2[nH]c(-c3ccc(F)cn3)nc2n1. The lowest BCUT2D eigenvalue weighted by Gasteiger charge is -1.95. The Balaban J connectivity index is 2.10. The minimum absolute atomic E-state index is 0.380. The van der Waals surface area contributed by atoms with Gasteiger partial charge in [0, 0.05) is 6.07 Å². The summed E-state index contributed by atoms with van der Waals surface area (Å²) < 4.78 is 17.8. The average molecular weight is 244 g/mol. The van der Waals surface area contributed by atoms with Gasteiger partial charge in [-0.2, -0.15) is 4.98 Å². The van der Waals surface area contributed by atoms with Crippen LogP contribution in [0.5, 0.6) is 5.88 Å². The molecule has 5 nitrogen and oxygen atoms in total. The van der Waals surface area contributed by atoms with Gasteiger partial charge < -0.3 is 9.72 Å². The number of aromatic nitrogens is 4.